The first-order chi connectivity index (χ1) is 4.46. The quantitative estimate of drug-likeness (QED) is 0.288. The second-order valence-corrected chi connectivity index (χ2v) is 2.98. The minimum atomic E-state index is 0. The van der Waals surface area contributed by atoms with Gasteiger partial charge in [-0.05, 0) is 0 Å². The molecule has 0 aromatic rings. The predicted molar refractivity (Wildman–Crippen MR) is 51.2 cm³/mol. The first-order valence-corrected chi connectivity index (χ1v) is 3.35. The topological polar surface area (TPSA) is 9.49 Å². The number of hydrogen-bond donors (Lipinski definition) is 0. The van der Waals surface area contributed by atoms with Crippen molar-refractivity contribution in [3.8, 4) is 0 Å². The molecule has 0 N–H and O–H groups in total. The second kappa shape index (κ2) is 4.99. The van der Waals surface area contributed by atoms with Crippen molar-refractivity contribution in [2.24, 2.45) is 0 Å². The molecule has 0 aliphatic rings. The van der Waals surface area contributed by atoms with Crippen molar-refractivity contribution in [2.45, 2.75) is 7.43 Å². The van der Waals surface area contributed by atoms with Gasteiger partial charge in [-0.2, -0.15) is 0 Å². The van der Waals surface area contributed by atoms with Gasteiger partial charge in [0.25, 0.3) is 0 Å². The number of guanidine groups is 1. The van der Waals surface area contributed by atoms with Gasteiger partial charge in [-0.15, -0.1) is 0 Å². The van der Waals surface area contributed by atoms with Crippen molar-refractivity contribution in [1.82, 2.24) is 9.80 Å². The van der Waals surface area contributed by atoms with Gasteiger partial charge in [-0.25, -0.2) is 0 Å². The molecular weight excluding hydrogens is 138 g/mol. The molecular formula is C8H22N3+. The van der Waals surface area contributed by atoms with Gasteiger partial charge in [0.15, 0.2) is 0 Å². The molecule has 0 amide bonds. The van der Waals surface area contributed by atoms with Crippen molar-refractivity contribution >= 4 is 5.96 Å². The Hall–Kier alpha value is -0.730. The molecule has 0 radical (unpaired) electrons. The summed E-state index contributed by atoms with van der Waals surface area (Å²) >= 11 is 0. The lowest BCUT2D eigenvalue weighted by Crippen LogP contribution is -2.40. The highest BCUT2D eigenvalue weighted by molar-refractivity contribution is 5.73. The van der Waals surface area contributed by atoms with Gasteiger partial charge in [0.1, 0.15) is 0 Å². The molecule has 0 fully saturated rings. The van der Waals surface area contributed by atoms with E-state index in [1.807, 2.05) is 42.3 Å². The highest BCUT2D eigenvalue weighted by Gasteiger charge is 2.12. The van der Waals surface area contributed by atoms with Gasteiger partial charge < -0.3 is 0 Å². The third-order valence-electron chi connectivity index (χ3n) is 1.20. The fourth-order valence-corrected chi connectivity index (χ4v) is 1.20. The first kappa shape index (κ1) is 12.9. The molecule has 0 unspecified atom stereocenters. The second-order valence-electron chi connectivity index (χ2n) is 2.98. The van der Waals surface area contributed by atoms with Crippen LogP contribution in [0.25, 0.3) is 0 Å². The fraction of sp³-hybridized carbons (Fsp3) is 0.875. The number of hydrogen-bond acceptors (Lipinski definition) is 0. The molecule has 0 atom stereocenters. The zero-order chi connectivity index (χ0) is 8.31. The molecule has 0 spiro atoms. The van der Waals surface area contributed by atoms with E-state index in [9.17, 15) is 0 Å². The molecule has 0 bridgehead atoms. The van der Waals surface area contributed by atoms with Crippen LogP contribution in [-0.2, 0) is 0 Å². The zero-order valence-electron chi connectivity index (χ0n) is 7.84. The van der Waals surface area contributed by atoms with E-state index in [1.165, 1.54) is 5.96 Å². The highest BCUT2D eigenvalue weighted by atomic mass is 15.4. The molecule has 0 aliphatic heterocycles. The lowest BCUT2D eigenvalue weighted by atomic mass is 10.7. The summed E-state index contributed by atoms with van der Waals surface area (Å²) in [5.41, 5.74) is 0. The largest absolute Gasteiger partial charge is 0.349 e. The van der Waals surface area contributed by atoms with Gasteiger partial charge in [0.05, 0.1) is 42.3 Å². The van der Waals surface area contributed by atoms with E-state index in [1.54, 1.807) is 0 Å². The summed E-state index contributed by atoms with van der Waals surface area (Å²) in [5.74, 6) is 1.19. The summed E-state index contributed by atoms with van der Waals surface area (Å²) in [5, 5.41) is 0. The monoisotopic (exact) mass is 160 g/mol. The average Bonchev–Trinajstić information content (AvgIpc) is 1.59. The Morgan fingerprint density at radius 2 is 1.18 bits per heavy atom. The minimum Gasteiger partial charge on any atom is -0.270 e. The minimum absolute atomic E-state index is 0. The van der Waals surface area contributed by atoms with E-state index in [2.05, 4.69) is 14.4 Å². The van der Waals surface area contributed by atoms with Crippen molar-refractivity contribution in [2.75, 3.05) is 42.3 Å². The van der Waals surface area contributed by atoms with Crippen LogP contribution in [0.5, 0.6) is 0 Å². The van der Waals surface area contributed by atoms with Crippen LogP contribution in [0.3, 0.4) is 0 Å². The lowest BCUT2D eigenvalue weighted by Gasteiger charge is -2.16. The molecule has 68 valence electrons. The Morgan fingerprint density at radius 3 is 1.18 bits per heavy atom. The van der Waals surface area contributed by atoms with Crippen LogP contribution >= 0.6 is 0 Å². The van der Waals surface area contributed by atoms with E-state index >= 15 is 0 Å². The molecule has 0 saturated heterocycles. The Balaban J connectivity index is 0. The van der Waals surface area contributed by atoms with Crippen LogP contribution in [0.2, 0.25) is 0 Å². The normalized spacial score (nSPS) is 8.18. The van der Waals surface area contributed by atoms with Crippen LogP contribution in [0, 0.1) is 0 Å². The summed E-state index contributed by atoms with van der Waals surface area (Å²) in [4.78, 5) is 4.17. The maximum Gasteiger partial charge on any atom is 0.349 e. The van der Waals surface area contributed by atoms with Gasteiger partial charge >= 0.3 is 5.96 Å². The third kappa shape index (κ3) is 3.86. The van der Waals surface area contributed by atoms with Crippen LogP contribution in [0.1, 0.15) is 7.43 Å². The SMILES string of the molecule is C.CN(C)C(N(C)C)=[N+](C)C. The van der Waals surface area contributed by atoms with E-state index in [0.717, 1.165) is 0 Å². The van der Waals surface area contributed by atoms with Gasteiger partial charge in [0.2, 0.25) is 0 Å². The molecule has 0 aromatic heterocycles. The lowest BCUT2D eigenvalue weighted by molar-refractivity contribution is -0.475. The van der Waals surface area contributed by atoms with Crippen LogP contribution < -0.4 is 0 Å². The third-order valence-corrected chi connectivity index (χ3v) is 1.20. The average molecular weight is 160 g/mol. The molecule has 3 nitrogen and oxygen atoms in total. The Morgan fingerprint density at radius 1 is 0.909 bits per heavy atom. The number of rotatable bonds is 0. The van der Waals surface area contributed by atoms with Crippen LogP contribution in [0.15, 0.2) is 0 Å². The molecule has 0 heterocycles. The summed E-state index contributed by atoms with van der Waals surface area (Å²) in [6.45, 7) is 0. The molecule has 0 aromatic carbocycles. The molecule has 3 heteroatoms. The smallest absolute Gasteiger partial charge is 0.270 e. The Bertz CT molecular complexity index is 122. The Labute approximate surface area is 70.9 Å². The maximum atomic E-state index is 2.08. The molecule has 0 aliphatic carbocycles. The zero-order valence-corrected chi connectivity index (χ0v) is 7.84. The van der Waals surface area contributed by atoms with E-state index < -0.39 is 0 Å². The fourth-order valence-electron chi connectivity index (χ4n) is 1.20. The van der Waals surface area contributed by atoms with Crippen molar-refractivity contribution in [3.05, 3.63) is 0 Å². The Kier molecular flexibility index (Phi) is 5.86. The van der Waals surface area contributed by atoms with Gasteiger partial charge in [0, 0.05) is 0 Å². The predicted octanol–water partition coefficient (Wildman–Crippen LogP) is 0.374. The van der Waals surface area contributed by atoms with Gasteiger partial charge in [-0.3, -0.25) is 14.4 Å². The van der Waals surface area contributed by atoms with E-state index in [4.69, 9.17) is 0 Å². The highest BCUT2D eigenvalue weighted by Crippen LogP contribution is 1.84. The maximum absolute atomic E-state index is 2.08. The summed E-state index contributed by atoms with van der Waals surface area (Å²) in [6.07, 6.45) is 0. The summed E-state index contributed by atoms with van der Waals surface area (Å²) in [6, 6.07) is 0. The molecule has 0 saturated carbocycles. The van der Waals surface area contributed by atoms with Gasteiger partial charge in [-0.1, -0.05) is 7.43 Å². The van der Waals surface area contributed by atoms with Crippen LogP contribution in [0.4, 0.5) is 0 Å². The van der Waals surface area contributed by atoms with Crippen molar-refractivity contribution < 1.29 is 4.58 Å². The summed E-state index contributed by atoms with van der Waals surface area (Å²) < 4.78 is 2.08. The van der Waals surface area contributed by atoms with Crippen molar-refractivity contribution in [1.29, 1.82) is 0 Å². The molecule has 0 rings (SSSR count). The standard InChI is InChI=1S/C7H18N3.CH4/c1-8(2)7(9(3)4)10(5)6;/h1-6H3;1H4/q+1;. The van der Waals surface area contributed by atoms with E-state index in [0.29, 0.717) is 0 Å². The van der Waals surface area contributed by atoms with Crippen molar-refractivity contribution in [3.63, 3.8) is 0 Å². The number of nitrogens with zero attached hydrogens (tertiary/aromatic N) is 3. The van der Waals surface area contributed by atoms with E-state index in [-0.39, 0.29) is 7.43 Å². The first-order valence-electron chi connectivity index (χ1n) is 3.35. The molecule has 11 heavy (non-hydrogen) atoms. The summed E-state index contributed by atoms with van der Waals surface area (Å²) in [7, 11) is 12.2. The van der Waals surface area contributed by atoms with Crippen LogP contribution in [-0.4, -0.2) is 62.6 Å².